The highest BCUT2D eigenvalue weighted by atomic mass is 16.6. The van der Waals surface area contributed by atoms with Gasteiger partial charge in [0.25, 0.3) is 5.69 Å². The van der Waals surface area contributed by atoms with Crippen LogP contribution in [0.15, 0.2) is 47.5 Å². The average molecular weight is 443 g/mol. The van der Waals surface area contributed by atoms with Gasteiger partial charge in [0.1, 0.15) is 0 Å². The van der Waals surface area contributed by atoms with E-state index in [2.05, 4.69) is 15.6 Å². The number of nitro groups is 1. The van der Waals surface area contributed by atoms with Gasteiger partial charge in [0.15, 0.2) is 17.5 Å². The van der Waals surface area contributed by atoms with Crippen molar-refractivity contribution in [2.75, 3.05) is 40.5 Å². The second-order valence-corrected chi connectivity index (χ2v) is 7.57. The van der Waals surface area contributed by atoms with Crippen molar-refractivity contribution in [3.8, 4) is 11.5 Å². The Hall–Kier alpha value is -3.33. The monoisotopic (exact) mass is 442 g/mol. The standard InChI is InChI=1S/C23H30N4O5/c1-30-21-8-5-17(13-22(21)31-2)9-11-24-23(26-15-19-10-12-32-16-19)25-14-18-3-6-20(7-4-18)27(28)29/h3-8,13,19H,9-12,14-16H2,1-2H3,(H2,24,25,26). The van der Waals surface area contributed by atoms with Gasteiger partial charge in [0.2, 0.25) is 0 Å². The number of methoxy groups -OCH3 is 2. The van der Waals surface area contributed by atoms with Crippen molar-refractivity contribution >= 4 is 11.6 Å². The van der Waals surface area contributed by atoms with E-state index in [1.165, 1.54) is 12.1 Å². The smallest absolute Gasteiger partial charge is 0.269 e. The van der Waals surface area contributed by atoms with Gasteiger partial charge >= 0.3 is 0 Å². The average Bonchev–Trinajstić information content (AvgIpc) is 3.34. The molecule has 2 aromatic rings. The summed E-state index contributed by atoms with van der Waals surface area (Å²) in [6.07, 6.45) is 1.82. The van der Waals surface area contributed by atoms with Gasteiger partial charge in [-0.2, -0.15) is 0 Å². The van der Waals surface area contributed by atoms with Crippen molar-refractivity contribution in [1.82, 2.24) is 10.6 Å². The Bertz CT molecular complexity index is 911. The van der Waals surface area contributed by atoms with Gasteiger partial charge in [-0.1, -0.05) is 18.2 Å². The molecule has 1 unspecified atom stereocenters. The Morgan fingerprint density at radius 3 is 2.53 bits per heavy atom. The van der Waals surface area contributed by atoms with Crippen LogP contribution in [0.4, 0.5) is 5.69 Å². The molecule has 1 fully saturated rings. The summed E-state index contributed by atoms with van der Waals surface area (Å²) in [5.41, 5.74) is 2.10. The van der Waals surface area contributed by atoms with Crippen LogP contribution in [0.3, 0.4) is 0 Å². The number of hydrogen-bond acceptors (Lipinski definition) is 6. The fraction of sp³-hybridized carbons (Fsp3) is 0.435. The molecular formula is C23H30N4O5. The van der Waals surface area contributed by atoms with Crippen LogP contribution in [-0.2, 0) is 17.7 Å². The van der Waals surface area contributed by atoms with E-state index in [1.54, 1.807) is 26.4 Å². The van der Waals surface area contributed by atoms with E-state index in [4.69, 9.17) is 14.2 Å². The van der Waals surface area contributed by atoms with Crippen LogP contribution in [0, 0.1) is 16.0 Å². The highest BCUT2D eigenvalue weighted by molar-refractivity contribution is 5.79. The van der Waals surface area contributed by atoms with Gasteiger partial charge in [-0.15, -0.1) is 0 Å². The topological polar surface area (TPSA) is 107 Å². The normalized spacial score (nSPS) is 15.9. The molecule has 0 aromatic heterocycles. The van der Waals surface area contributed by atoms with Crippen LogP contribution in [0.25, 0.3) is 0 Å². The fourth-order valence-corrected chi connectivity index (χ4v) is 3.41. The number of aliphatic imine (C=N–C) groups is 1. The molecule has 3 rings (SSSR count). The lowest BCUT2D eigenvalue weighted by atomic mass is 10.1. The Balaban J connectivity index is 1.60. The zero-order valence-electron chi connectivity index (χ0n) is 18.5. The maximum absolute atomic E-state index is 10.8. The SMILES string of the molecule is COc1ccc(CCNC(=NCc2ccc([N+](=O)[O-])cc2)NCC2CCOC2)cc1OC. The summed E-state index contributed by atoms with van der Waals surface area (Å²) in [5, 5.41) is 17.6. The number of guanidine groups is 1. The first-order chi connectivity index (χ1) is 15.6. The Labute approximate surface area is 187 Å². The third kappa shape index (κ3) is 6.84. The minimum absolute atomic E-state index is 0.0744. The lowest BCUT2D eigenvalue weighted by Crippen LogP contribution is -2.41. The van der Waals surface area contributed by atoms with E-state index in [0.717, 1.165) is 43.7 Å². The number of rotatable bonds is 10. The number of nitro benzene ring substituents is 1. The summed E-state index contributed by atoms with van der Waals surface area (Å²) in [7, 11) is 3.24. The number of non-ortho nitro benzene ring substituents is 1. The molecule has 32 heavy (non-hydrogen) atoms. The maximum atomic E-state index is 10.8. The molecule has 0 bridgehead atoms. The van der Waals surface area contributed by atoms with Crippen molar-refractivity contribution in [2.45, 2.75) is 19.4 Å². The largest absolute Gasteiger partial charge is 0.493 e. The number of benzene rings is 2. The first kappa shape index (κ1) is 23.3. The highest BCUT2D eigenvalue weighted by Crippen LogP contribution is 2.27. The van der Waals surface area contributed by atoms with Gasteiger partial charge in [-0.25, -0.2) is 4.99 Å². The molecule has 9 heteroatoms. The Kier molecular flexibility index (Phi) is 8.68. The maximum Gasteiger partial charge on any atom is 0.269 e. The van der Waals surface area contributed by atoms with E-state index in [9.17, 15) is 10.1 Å². The van der Waals surface area contributed by atoms with Crippen molar-refractivity contribution in [1.29, 1.82) is 0 Å². The molecule has 0 saturated carbocycles. The van der Waals surface area contributed by atoms with Crippen molar-refractivity contribution in [3.05, 3.63) is 63.7 Å². The lowest BCUT2D eigenvalue weighted by molar-refractivity contribution is -0.384. The molecule has 9 nitrogen and oxygen atoms in total. The quantitative estimate of drug-likeness (QED) is 0.252. The summed E-state index contributed by atoms with van der Waals surface area (Å²) < 4.78 is 16.1. The molecule has 1 aliphatic rings. The Morgan fingerprint density at radius 1 is 1.12 bits per heavy atom. The first-order valence-corrected chi connectivity index (χ1v) is 10.6. The van der Waals surface area contributed by atoms with E-state index < -0.39 is 4.92 Å². The molecule has 0 radical (unpaired) electrons. The molecule has 2 aromatic carbocycles. The molecular weight excluding hydrogens is 412 g/mol. The van der Waals surface area contributed by atoms with Crippen LogP contribution >= 0.6 is 0 Å². The van der Waals surface area contributed by atoms with Crippen molar-refractivity contribution < 1.29 is 19.1 Å². The van der Waals surface area contributed by atoms with Crippen LogP contribution in [0.2, 0.25) is 0 Å². The van der Waals surface area contributed by atoms with Crippen LogP contribution in [-0.4, -0.2) is 51.4 Å². The molecule has 1 saturated heterocycles. The molecule has 0 amide bonds. The summed E-state index contributed by atoms with van der Waals surface area (Å²) in [5.74, 6) is 2.58. The third-order valence-electron chi connectivity index (χ3n) is 5.30. The highest BCUT2D eigenvalue weighted by Gasteiger charge is 2.16. The summed E-state index contributed by atoms with van der Waals surface area (Å²) >= 11 is 0. The zero-order chi connectivity index (χ0) is 22.8. The molecule has 0 aliphatic carbocycles. The molecule has 1 heterocycles. The van der Waals surface area contributed by atoms with Gasteiger partial charge in [-0.3, -0.25) is 10.1 Å². The molecule has 2 N–H and O–H groups in total. The Morgan fingerprint density at radius 2 is 1.88 bits per heavy atom. The van der Waals surface area contributed by atoms with E-state index >= 15 is 0 Å². The fourth-order valence-electron chi connectivity index (χ4n) is 3.41. The minimum Gasteiger partial charge on any atom is -0.493 e. The number of nitrogens with zero attached hydrogens (tertiary/aromatic N) is 2. The van der Waals surface area contributed by atoms with E-state index in [-0.39, 0.29) is 5.69 Å². The number of ether oxygens (including phenoxy) is 3. The number of hydrogen-bond donors (Lipinski definition) is 2. The minimum atomic E-state index is -0.403. The first-order valence-electron chi connectivity index (χ1n) is 10.6. The van der Waals surface area contributed by atoms with E-state index in [1.807, 2.05) is 18.2 Å². The predicted octanol–water partition coefficient (Wildman–Crippen LogP) is 2.93. The lowest BCUT2D eigenvalue weighted by Gasteiger charge is -2.15. The second kappa shape index (κ2) is 11.9. The van der Waals surface area contributed by atoms with Gasteiger partial charge in [-0.05, 0) is 36.1 Å². The number of nitrogens with one attached hydrogen (secondary N) is 2. The van der Waals surface area contributed by atoms with E-state index in [0.29, 0.717) is 36.5 Å². The van der Waals surface area contributed by atoms with Crippen molar-refractivity contribution in [3.63, 3.8) is 0 Å². The predicted molar refractivity (Wildman–Crippen MR) is 122 cm³/mol. The second-order valence-electron chi connectivity index (χ2n) is 7.57. The molecule has 0 spiro atoms. The third-order valence-corrected chi connectivity index (χ3v) is 5.30. The van der Waals surface area contributed by atoms with Gasteiger partial charge < -0.3 is 24.8 Å². The summed E-state index contributed by atoms with van der Waals surface area (Å²) in [6, 6.07) is 12.3. The van der Waals surface area contributed by atoms with Crippen molar-refractivity contribution in [2.24, 2.45) is 10.9 Å². The molecule has 172 valence electrons. The van der Waals surface area contributed by atoms with Crippen LogP contribution in [0.5, 0.6) is 11.5 Å². The summed E-state index contributed by atoms with van der Waals surface area (Å²) in [6.45, 7) is 3.44. The molecule has 1 atom stereocenters. The zero-order valence-corrected chi connectivity index (χ0v) is 18.5. The van der Waals surface area contributed by atoms with Gasteiger partial charge in [0, 0.05) is 37.7 Å². The van der Waals surface area contributed by atoms with Crippen LogP contribution in [0.1, 0.15) is 17.5 Å². The van der Waals surface area contributed by atoms with Gasteiger partial charge in [0.05, 0.1) is 32.3 Å². The van der Waals surface area contributed by atoms with Crippen LogP contribution < -0.4 is 20.1 Å². The summed E-state index contributed by atoms with van der Waals surface area (Å²) in [4.78, 5) is 15.1. The molecule has 1 aliphatic heterocycles.